The number of methoxy groups -OCH3 is 2. The molecule has 4 aliphatic rings. The minimum atomic E-state index is -2.50. The zero-order valence-electron chi connectivity index (χ0n) is 16.3. The zero-order chi connectivity index (χ0) is 18.3. The molecule has 1 fully saturated rings. The summed E-state index contributed by atoms with van der Waals surface area (Å²) in [5.74, 6) is 1.81. The van der Waals surface area contributed by atoms with Gasteiger partial charge in [0.2, 0.25) is 0 Å². The Hall–Kier alpha value is -1.94. The predicted molar refractivity (Wildman–Crippen MR) is 87.0 cm³/mol. The molecule has 1 spiro atoms. The quantitative estimate of drug-likeness (QED) is 0.839. The molecule has 0 amide bonds. The second-order valence-electron chi connectivity index (χ2n) is 6.84. The Balaban J connectivity index is 1.75. The number of hydrogen-bond donors (Lipinski definition) is 0. The van der Waals surface area contributed by atoms with Gasteiger partial charge < -0.3 is 14.2 Å². The van der Waals surface area contributed by atoms with Gasteiger partial charge in [-0.1, -0.05) is 12.1 Å². The summed E-state index contributed by atoms with van der Waals surface area (Å²) in [5.41, 5.74) is 3.36. The van der Waals surface area contributed by atoms with Gasteiger partial charge in [-0.3, -0.25) is 4.90 Å². The number of rotatable bonds is 2. The van der Waals surface area contributed by atoms with E-state index in [1.165, 1.54) is 11.1 Å². The fourth-order valence-electron chi connectivity index (χ4n) is 5.01. The second-order valence-corrected chi connectivity index (χ2v) is 6.84. The van der Waals surface area contributed by atoms with Crippen molar-refractivity contribution in [1.82, 2.24) is 4.90 Å². The smallest absolute Gasteiger partial charge is 0.169 e. The van der Waals surface area contributed by atoms with Crippen LogP contribution in [0.1, 0.15) is 21.7 Å². The Kier molecular flexibility index (Phi) is 2.02. The van der Waals surface area contributed by atoms with Crippen LogP contribution in [0.15, 0.2) is 35.6 Å². The van der Waals surface area contributed by atoms with Gasteiger partial charge in [0, 0.05) is 11.6 Å². The van der Waals surface area contributed by atoms with Gasteiger partial charge in [-0.25, -0.2) is 0 Å². The summed E-state index contributed by atoms with van der Waals surface area (Å²) in [7, 11) is 1.28. The maximum absolute atomic E-state index is 7.53. The van der Waals surface area contributed by atoms with E-state index < -0.39 is 13.1 Å². The summed E-state index contributed by atoms with van der Waals surface area (Å²) in [6.07, 6.45) is 5.17. The average molecular weight is 314 g/mol. The van der Waals surface area contributed by atoms with Crippen molar-refractivity contribution in [3.63, 3.8) is 0 Å². The molecule has 2 aliphatic heterocycles. The van der Waals surface area contributed by atoms with Crippen molar-refractivity contribution in [2.75, 3.05) is 27.7 Å². The van der Waals surface area contributed by atoms with Crippen molar-refractivity contribution >= 4 is 0 Å². The number of likely N-dealkylation sites (tertiary alicyclic amines) is 1. The Morgan fingerprint density at radius 1 is 1.35 bits per heavy atom. The molecule has 4 heteroatoms. The van der Waals surface area contributed by atoms with E-state index in [4.69, 9.17) is 18.3 Å². The van der Waals surface area contributed by atoms with E-state index in [0.717, 1.165) is 30.7 Å². The van der Waals surface area contributed by atoms with Gasteiger partial charge in [-0.05, 0) is 49.7 Å². The first-order valence-electron chi connectivity index (χ1n) is 9.53. The summed E-state index contributed by atoms with van der Waals surface area (Å²) in [4.78, 5) is 2.38. The van der Waals surface area contributed by atoms with Crippen LogP contribution in [-0.2, 0) is 16.6 Å². The summed E-state index contributed by atoms with van der Waals surface area (Å²) in [6.45, 7) is 0.930. The minimum Gasteiger partial charge on any atom is -0.497 e. The first-order valence-corrected chi connectivity index (χ1v) is 8.03. The topological polar surface area (TPSA) is 30.9 Å². The Labute approximate surface area is 140 Å². The minimum absolute atomic E-state index is 0.298. The molecule has 3 atom stereocenters. The van der Waals surface area contributed by atoms with Gasteiger partial charge in [-0.2, -0.15) is 0 Å². The molecule has 2 bridgehead atoms. The van der Waals surface area contributed by atoms with Crippen molar-refractivity contribution in [3.8, 4) is 11.5 Å². The van der Waals surface area contributed by atoms with Crippen LogP contribution in [-0.4, -0.2) is 44.8 Å². The molecule has 1 aromatic carbocycles. The van der Waals surface area contributed by atoms with Crippen LogP contribution >= 0.6 is 0 Å². The molecular formula is C19H21NO3. The number of piperidine rings is 1. The van der Waals surface area contributed by atoms with Crippen LogP contribution in [0, 0.1) is 0 Å². The Morgan fingerprint density at radius 2 is 2.26 bits per heavy atom. The number of benzene rings is 1. The summed E-state index contributed by atoms with van der Waals surface area (Å²) < 4.78 is 39.9. The third-order valence-corrected chi connectivity index (χ3v) is 6.04. The van der Waals surface area contributed by atoms with Crippen molar-refractivity contribution in [2.45, 2.75) is 30.4 Å². The van der Waals surface area contributed by atoms with E-state index in [1.54, 1.807) is 13.2 Å². The lowest BCUT2D eigenvalue weighted by Crippen LogP contribution is -2.58. The predicted octanol–water partition coefficient (Wildman–Crippen LogP) is 2.42. The molecule has 0 aromatic heterocycles. The number of ether oxygens (including phenoxy) is 3. The van der Waals surface area contributed by atoms with Crippen LogP contribution in [0.5, 0.6) is 11.5 Å². The number of allylic oxidation sites excluding steroid dienone is 2. The van der Waals surface area contributed by atoms with Crippen molar-refractivity contribution in [2.24, 2.45) is 0 Å². The lowest BCUT2D eigenvalue weighted by Gasteiger charge is -2.52. The van der Waals surface area contributed by atoms with Gasteiger partial charge in [0.05, 0.1) is 23.7 Å². The number of nitrogens with zero attached hydrogens (tertiary/aromatic N) is 1. The molecule has 23 heavy (non-hydrogen) atoms. The van der Waals surface area contributed by atoms with Crippen LogP contribution in [0.3, 0.4) is 0 Å². The highest BCUT2D eigenvalue weighted by Gasteiger charge is 2.61. The summed E-state index contributed by atoms with van der Waals surface area (Å²) in [5, 5.41) is 0. The molecule has 5 rings (SSSR count). The summed E-state index contributed by atoms with van der Waals surface area (Å²) >= 11 is 0. The molecule has 1 saturated heterocycles. The van der Waals surface area contributed by atoms with Gasteiger partial charge in [0.25, 0.3) is 0 Å². The summed E-state index contributed by atoms with van der Waals surface area (Å²) in [6, 6.07) is 4.37. The van der Waals surface area contributed by atoms with Gasteiger partial charge in [0.1, 0.15) is 5.76 Å². The highest BCUT2D eigenvalue weighted by molar-refractivity contribution is 5.67. The van der Waals surface area contributed by atoms with E-state index in [-0.39, 0.29) is 5.41 Å². The fourth-order valence-corrected chi connectivity index (χ4v) is 5.01. The van der Waals surface area contributed by atoms with E-state index in [1.807, 2.05) is 6.07 Å². The third kappa shape index (κ3) is 1.41. The van der Waals surface area contributed by atoms with Crippen molar-refractivity contribution in [3.05, 3.63) is 46.7 Å². The number of likely N-dealkylation sites (N-methyl/N-ethyl adjacent to an activating group) is 1. The monoisotopic (exact) mass is 314 g/mol. The molecular weight excluding hydrogens is 290 g/mol. The largest absolute Gasteiger partial charge is 0.497 e. The maximum atomic E-state index is 7.53. The normalized spacial score (nSPS) is 35.8. The van der Waals surface area contributed by atoms with E-state index in [9.17, 15) is 0 Å². The van der Waals surface area contributed by atoms with Crippen LogP contribution < -0.4 is 9.47 Å². The van der Waals surface area contributed by atoms with Crippen molar-refractivity contribution < 1.29 is 18.3 Å². The fraction of sp³-hybridized carbons (Fsp3) is 0.474. The molecule has 2 aliphatic carbocycles. The molecule has 1 aromatic rings. The molecule has 120 valence electrons. The molecule has 0 N–H and O–H groups in total. The SMILES string of the molecule is [2H]C([2H])([2H])OC1=CC=C2[C@@H]3Cc4ccc(OC)c5c4[C@]2(CCN3C)[C@@H]1O5. The molecule has 0 saturated carbocycles. The van der Waals surface area contributed by atoms with Crippen LogP contribution in [0.4, 0.5) is 0 Å². The van der Waals surface area contributed by atoms with E-state index in [0.29, 0.717) is 17.6 Å². The van der Waals surface area contributed by atoms with E-state index in [2.05, 4.69) is 24.1 Å². The lowest BCUT2D eigenvalue weighted by atomic mass is 9.57. The average Bonchev–Trinajstić information content (AvgIpc) is 2.93. The Bertz CT molecular complexity index is 860. The molecule has 2 heterocycles. The van der Waals surface area contributed by atoms with Crippen LogP contribution in [0.25, 0.3) is 0 Å². The van der Waals surface area contributed by atoms with Gasteiger partial charge in [-0.15, -0.1) is 0 Å². The first kappa shape index (κ1) is 10.8. The standard InChI is InChI=1S/C19H21NO3/c1-20-9-8-19-12-5-7-15(22-3)18(19)23-17-14(21-2)6-4-11(16(17)19)10-13(12)20/h4-7,13,18H,8-10H2,1-3H3/t13-,18+,19+/m0/s1/i3D3. The van der Waals surface area contributed by atoms with Crippen molar-refractivity contribution in [1.29, 1.82) is 0 Å². The molecule has 0 unspecified atom stereocenters. The van der Waals surface area contributed by atoms with Gasteiger partial charge in [0.15, 0.2) is 17.6 Å². The Morgan fingerprint density at radius 3 is 3.09 bits per heavy atom. The third-order valence-electron chi connectivity index (χ3n) is 6.04. The second kappa shape index (κ2) is 4.32. The van der Waals surface area contributed by atoms with E-state index >= 15 is 0 Å². The maximum Gasteiger partial charge on any atom is 0.169 e. The number of hydrogen-bond acceptors (Lipinski definition) is 4. The first-order chi connectivity index (χ1) is 12.3. The highest BCUT2D eigenvalue weighted by Crippen LogP contribution is 2.62. The lowest BCUT2D eigenvalue weighted by molar-refractivity contribution is 0.0734. The van der Waals surface area contributed by atoms with Gasteiger partial charge >= 0.3 is 0 Å². The molecule has 0 radical (unpaired) electrons. The van der Waals surface area contributed by atoms with Crippen LogP contribution in [0.2, 0.25) is 0 Å². The zero-order valence-corrected chi connectivity index (χ0v) is 13.3. The highest BCUT2D eigenvalue weighted by atomic mass is 16.6. The molecule has 4 nitrogen and oxygen atoms in total.